The first-order valence-corrected chi connectivity index (χ1v) is 12.8. The molecule has 164 valence electrons. The van der Waals surface area contributed by atoms with E-state index in [9.17, 15) is 0 Å². The molecule has 2 fully saturated rings. The molecule has 0 heteroatoms. The van der Waals surface area contributed by atoms with Crippen molar-refractivity contribution in [1.29, 1.82) is 0 Å². The van der Waals surface area contributed by atoms with Gasteiger partial charge in [-0.15, -0.1) is 0 Å². The van der Waals surface area contributed by atoms with Gasteiger partial charge in [-0.3, -0.25) is 0 Å². The van der Waals surface area contributed by atoms with Crippen LogP contribution in [0.4, 0.5) is 0 Å². The van der Waals surface area contributed by atoms with Gasteiger partial charge < -0.3 is 0 Å². The molecule has 8 atom stereocenters. The highest BCUT2D eigenvalue weighted by molar-refractivity contribution is 4.93. The zero-order valence-corrected chi connectivity index (χ0v) is 21.1. The van der Waals surface area contributed by atoms with Gasteiger partial charge >= 0.3 is 0 Å². The third-order valence-corrected chi connectivity index (χ3v) is 8.77. The summed E-state index contributed by atoms with van der Waals surface area (Å²) < 4.78 is 0. The zero-order valence-electron chi connectivity index (χ0n) is 21.1. The minimum absolute atomic E-state index is 0.927. The predicted molar refractivity (Wildman–Crippen MR) is 126 cm³/mol. The normalized spacial score (nSPS) is 40.8. The van der Waals surface area contributed by atoms with Gasteiger partial charge in [0.25, 0.3) is 0 Å². The molecule has 0 nitrogen and oxygen atoms in total. The molecule has 2 saturated carbocycles. The van der Waals surface area contributed by atoms with Crippen molar-refractivity contribution in [2.75, 3.05) is 0 Å². The van der Waals surface area contributed by atoms with Crippen molar-refractivity contribution in [2.24, 2.45) is 53.3 Å². The molecule has 0 spiro atoms. The van der Waals surface area contributed by atoms with E-state index in [1.807, 2.05) is 13.8 Å². The highest BCUT2D eigenvalue weighted by atomic mass is 14.5. The molecule has 8 unspecified atom stereocenters. The largest absolute Gasteiger partial charge is 0.0683 e. The molecule has 0 aliphatic heterocycles. The third-order valence-electron chi connectivity index (χ3n) is 8.77. The quantitative estimate of drug-likeness (QED) is 0.402. The first-order chi connectivity index (χ1) is 12.8. The summed E-state index contributed by atoms with van der Waals surface area (Å²) in [4.78, 5) is 0. The second kappa shape index (κ2) is 14.1. The van der Waals surface area contributed by atoms with E-state index >= 15 is 0 Å². The van der Waals surface area contributed by atoms with Crippen molar-refractivity contribution >= 4 is 0 Å². The van der Waals surface area contributed by atoms with Gasteiger partial charge in [0.05, 0.1) is 0 Å². The van der Waals surface area contributed by atoms with E-state index in [1.54, 1.807) is 0 Å². The Morgan fingerprint density at radius 1 is 0.556 bits per heavy atom. The number of hydrogen-bond acceptors (Lipinski definition) is 0. The van der Waals surface area contributed by atoms with Gasteiger partial charge in [0, 0.05) is 0 Å². The average Bonchev–Trinajstić information content (AvgIpc) is 3.02. The average molecular weight is 381 g/mol. The Bertz CT molecular complexity index is 328. The lowest BCUT2D eigenvalue weighted by Crippen LogP contribution is -2.20. The first-order valence-electron chi connectivity index (χ1n) is 12.8. The highest BCUT2D eigenvalue weighted by Crippen LogP contribution is 2.52. The summed E-state index contributed by atoms with van der Waals surface area (Å²) in [5.74, 6) is 8.56. The molecular weight excluding hydrogens is 324 g/mol. The Morgan fingerprint density at radius 3 is 1.33 bits per heavy atom. The molecule has 0 saturated heterocycles. The summed E-state index contributed by atoms with van der Waals surface area (Å²) in [7, 11) is 0. The Balaban J connectivity index is 0.000000637. The maximum absolute atomic E-state index is 2.52. The Morgan fingerprint density at radius 2 is 1.00 bits per heavy atom. The monoisotopic (exact) mass is 380 g/mol. The van der Waals surface area contributed by atoms with Crippen LogP contribution in [0.1, 0.15) is 121 Å². The highest BCUT2D eigenvalue weighted by Gasteiger charge is 2.44. The van der Waals surface area contributed by atoms with E-state index < -0.39 is 0 Å². The lowest BCUT2D eigenvalue weighted by Gasteiger charge is -2.27. The van der Waals surface area contributed by atoms with Crippen molar-refractivity contribution in [3.8, 4) is 0 Å². The molecule has 0 radical (unpaired) electrons. The van der Waals surface area contributed by atoms with Crippen LogP contribution in [-0.2, 0) is 0 Å². The van der Waals surface area contributed by atoms with Crippen LogP contribution in [0.2, 0.25) is 0 Å². The molecule has 0 heterocycles. The van der Waals surface area contributed by atoms with Gasteiger partial charge in [-0.2, -0.15) is 0 Å². The van der Waals surface area contributed by atoms with Crippen molar-refractivity contribution in [3.05, 3.63) is 0 Å². The first kappa shape index (κ1) is 27.0. The smallest absolute Gasteiger partial charge is 0.0355 e. The molecule has 0 bridgehead atoms. The Labute approximate surface area is 174 Å². The summed E-state index contributed by atoms with van der Waals surface area (Å²) >= 11 is 0. The Kier molecular flexibility index (Phi) is 14.1. The zero-order chi connectivity index (χ0) is 21.1. The van der Waals surface area contributed by atoms with Crippen LogP contribution >= 0.6 is 0 Å². The van der Waals surface area contributed by atoms with Crippen LogP contribution < -0.4 is 0 Å². The fourth-order valence-electron chi connectivity index (χ4n) is 5.84. The molecule has 2 aliphatic rings. The standard InChI is InChI=1S/C18H34.C7H16.C2H6/c1-10-8-17(14(5)11(10)2)9-18-15(6)12(3)13(4)16(18)7;1-3-5-7-6-4-2;1-2/h10-18H,8-9H2,1-7H3;3-7H2,1-2H3;1-2H3. The lowest BCUT2D eigenvalue weighted by molar-refractivity contribution is 0.218. The van der Waals surface area contributed by atoms with E-state index in [1.165, 1.54) is 44.9 Å². The molecule has 0 aromatic heterocycles. The molecule has 0 N–H and O–H groups in total. The van der Waals surface area contributed by atoms with Gasteiger partial charge in [-0.25, -0.2) is 0 Å². The molecule has 0 aromatic rings. The lowest BCUT2D eigenvalue weighted by atomic mass is 9.78. The third kappa shape index (κ3) is 7.74. The van der Waals surface area contributed by atoms with Gasteiger partial charge in [-0.1, -0.05) is 108 Å². The van der Waals surface area contributed by atoms with E-state index in [2.05, 4.69) is 62.3 Å². The van der Waals surface area contributed by atoms with Gasteiger partial charge in [-0.05, 0) is 66.1 Å². The van der Waals surface area contributed by atoms with Crippen molar-refractivity contribution in [1.82, 2.24) is 0 Å². The van der Waals surface area contributed by atoms with E-state index in [0.717, 1.165) is 53.3 Å². The minimum atomic E-state index is 0.927. The predicted octanol–water partition coefficient (Wildman–Crippen LogP) is 9.48. The fraction of sp³-hybridized carbons (Fsp3) is 1.00. The second-order valence-electron chi connectivity index (χ2n) is 10.1. The summed E-state index contributed by atoms with van der Waals surface area (Å²) in [5.41, 5.74) is 0. The van der Waals surface area contributed by atoms with Crippen molar-refractivity contribution in [3.63, 3.8) is 0 Å². The SMILES string of the molecule is CC.CC1CC(CC2C(C)C(C)C(C)C2C)C(C)C1C.CCCCCCC. The van der Waals surface area contributed by atoms with Gasteiger partial charge in [0.15, 0.2) is 0 Å². The van der Waals surface area contributed by atoms with E-state index in [-0.39, 0.29) is 0 Å². The summed E-state index contributed by atoms with van der Waals surface area (Å²) in [6.45, 7) is 25.9. The van der Waals surface area contributed by atoms with Crippen LogP contribution in [0, 0.1) is 53.3 Å². The number of unbranched alkanes of at least 4 members (excludes halogenated alkanes) is 4. The molecule has 0 amide bonds. The fourth-order valence-corrected chi connectivity index (χ4v) is 5.84. The van der Waals surface area contributed by atoms with Crippen molar-refractivity contribution in [2.45, 2.75) is 121 Å². The van der Waals surface area contributed by atoms with Crippen LogP contribution in [0.5, 0.6) is 0 Å². The molecule has 0 aromatic carbocycles. The van der Waals surface area contributed by atoms with Crippen LogP contribution in [0.3, 0.4) is 0 Å². The minimum Gasteiger partial charge on any atom is -0.0683 e. The maximum atomic E-state index is 2.52. The summed E-state index contributed by atoms with van der Waals surface area (Å²) in [6, 6.07) is 0. The van der Waals surface area contributed by atoms with Crippen LogP contribution in [0.25, 0.3) is 0 Å². The summed E-state index contributed by atoms with van der Waals surface area (Å²) in [5, 5.41) is 0. The molecule has 2 rings (SSSR count). The second-order valence-corrected chi connectivity index (χ2v) is 10.1. The van der Waals surface area contributed by atoms with Gasteiger partial charge in [0.2, 0.25) is 0 Å². The van der Waals surface area contributed by atoms with Crippen LogP contribution in [-0.4, -0.2) is 0 Å². The van der Waals surface area contributed by atoms with E-state index in [0.29, 0.717) is 0 Å². The number of rotatable bonds is 6. The molecule has 27 heavy (non-hydrogen) atoms. The molecule has 2 aliphatic carbocycles. The number of hydrogen-bond donors (Lipinski definition) is 0. The molecular formula is C27H56. The summed E-state index contributed by atoms with van der Waals surface area (Å²) in [6.07, 6.45) is 10.0. The topological polar surface area (TPSA) is 0 Å². The Hall–Kier alpha value is 0. The van der Waals surface area contributed by atoms with E-state index in [4.69, 9.17) is 0 Å². The van der Waals surface area contributed by atoms with Crippen LogP contribution in [0.15, 0.2) is 0 Å². The van der Waals surface area contributed by atoms with Gasteiger partial charge in [0.1, 0.15) is 0 Å². The maximum Gasteiger partial charge on any atom is -0.0355 e. The van der Waals surface area contributed by atoms with Crippen molar-refractivity contribution < 1.29 is 0 Å².